The summed E-state index contributed by atoms with van der Waals surface area (Å²) in [7, 11) is 1.62. The van der Waals surface area contributed by atoms with Crippen molar-refractivity contribution >= 4 is 28.9 Å². The minimum absolute atomic E-state index is 0.120. The van der Waals surface area contributed by atoms with Gasteiger partial charge in [0.25, 0.3) is 5.91 Å². The summed E-state index contributed by atoms with van der Waals surface area (Å²) in [5, 5.41) is 6.84. The molecule has 23 heavy (non-hydrogen) atoms. The van der Waals surface area contributed by atoms with Crippen molar-refractivity contribution in [3.8, 4) is 5.75 Å². The highest BCUT2D eigenvalue weighted by Gasteiger charge is 2.46. The first kappa shape index (κ1) is 15.4. The van der Waals surface area contributed by atoms with E-state index < -0.39 is 5.54 Å². The Kier molecular flexibility index (Phi) is 4.01. The molecule has 0 bridgehead atoms. The number of ether oxygens (including phenoxy) is 1. The van der Waals surface area contributed by atoms with Crippen LogP contribution in [0, 0.1) is 0 Å². The van der Waals surface area contributed by atoms with Crippen LogP contribution in [0.15, 0.2) is 55.1 Å². The lowest BCUT2D eigenvalue weighted by Gasteiger charge is -2.29. The summed E-state index contributed by atoms with van der Waals surface area (Å²) < 4.78 is 5.16. The van der Waals surface area contributed by atoms with Crippen LogP contribution in [-0.4, -0.2) is 13.0 Å². The van der Waals surface area contributed by atoms with E-state index in [9.17, 15) is 4.79 Å². The number of nitrogens with one attached hydrogen (secondary N) is 2. The number of fused-ring (bicyclic) bond motifs is 1. The minimum Gasteiger partial charge on any atom is -0.497 e. The largest absolute Gasteiger partial charge is 0.497 e. The van der Waals surface area contributed by atoms with Crippen molar-refractivity contribution in [3.05, 3.63) is 65.7 Å². The second kappa shape index (κ2) is 5.97. The van der Waals surface area contributed by atoms with Gasteiger partial charge in [0.1, 0.15) is 11.3 Å². The van der Waals surface area contributed by atoms with Crippen LogP contribution < -0.4 is 15.4 Å². The topological polar surface area (TPSA) is 50.4 Å². The third-order valence-corrected chi connectivity index (χ3v) is 4.21. The van der Waals surface area contributed by atoms with Crippen molar-refractivity contribution in [2.45, 2.75) is 12.0 Å². The zero-order chi connectivity index (χ0) is 16.4. The van der Waals surface area contributed by atoms with Gasteiger partial charge in [-0.25, -0.2) is 0 Å². The predicted octanol–water partition coefficient (Wildman–Crippen LogP) is 4.18. The molecule has 3 rings (SSSR count). The van der Waals surface area contributed by atoms with Crippen LogP contribution in [-0.2, 0) is 10.3 Å². The molecule has 0 fully saturated rings. The first-order valence-corrected chi connectivity index (χ1v) is 7.61. The zero-order valence-corrected chi connectivity index (χ0v) is 13.5. The number of hydrogen-bond donors (Lipinski definition) is 2. The van der Waals surface area contributed by atoms with Crippen molar-refractivity contribution < 1.29 is 9.53 Å². The van der Waals surface area contributed by atoms with Crippen molar-refractivity contribution in [2.75, 3.05) is 17.7 Å². The molecule has 0 spiro atoms. The SMILES string of the molecule is C=CCC1(Nc2ccc(OC)cc2)C(=O)Nc2ccc(Cl)cc21. The van der Waals surface area contributed by atoms with Crippen LogP contribution in [0.5, 0.6) is 5.75 Å². The van der Waals surface area contributed by atoms with E-state index in [4.69, 9.17) is 16.3 Å². The molecule has 1 amide bonds. The standard InChI is InChI=1S/C18H17ClN2O2/c1-3-10-18(21-13-5-7-14(23-2)8-6-13)15-11-12(19)4-9-16(15)20-17(18)22/h3-9,11,21H,1,10H2,2H3,(H,20,22). The molecule has 5 heteroatoms. The van der Waals surface area contributed by atoms with Gasteiger partial charge in [-0.1, -0.05) is 17.7 Å². The molecule has 118 valence electrons. The summed E-state index contributed by atoms with van der Waals surface area (Å²) in [6.07, 6.45) is 2.17. The van der Waals surface area contributed by atoms with E-state index in [1.165, 1.54) is 0 Å². The number of amides is 1. The Hall–Kier alpha value is -2.46. The quantitative estimate of drug-likeness (QED) is 0.809. The van der Waals surface area contributed by atoms with Crippen molar-refractivity contribution in [1.82, 2.24) is 0 Å². The van der Waals surface area contributed by atoms with Crippen molar-refractivity contribution in [2.24, 2.45) is 0 Å². The lowest BCUT2D eigenvalue weighted by atomic mass is 9.87. The van der Waals surface area contributed by atoms with Gasteiger partial charge in [-0.15, -0.1) is 6.58 Å². The first-order chi connectivity index (χ1) is 11.1. The molecular weight excluding hydrogens is 312 g/mol. The van der Waals surface area contributed by atoms with E-state index in [2.05, 4.69) is 17.2 Å². The summed E-state index contributed by atoms with van der Waals surface area (Å²) >= 11 is 6.13. The predicted molar refractivity (Wildman–Crippen MR) is 93.2 cm³/mol. The number of rotatable bonds is 5. The Balaban J connectivity index is 2.04. The van der Waals surface area contributed by atoms with E-state index in [0.29, 0.717) is 11.4 Å². The van der Waals surface area contributed by atoms with E-state index in [1.807, 2.05) is 36.4 Å². The maximum atomic E-state index is 12.7. The normalized spacial score (nSPS) is 19.0. The maximum Gasteiger partial charge on any atom is 0.255 e. The molecule has 0 saturated heterocycles. The molecule has 2 aromatic carbocycles. The Morgan fingerprint density at radius 2 is 2.04 bits per heavy atom. The molecule has 1 aliphatic heterocycles. The van der Waals surface area contributed by atoms with Crippen LogP contribution in [0.2, 0.25) is 5.02 Å². The van der Waals surface area contributed by atoms with Gasteiger partial charge in [-0.2, -0.15) is 0 Å². The number of methoxy groups -OCH3 is 1. The first-order valence-electron chi connectivity index (χ1n) is 7.23. The summed E-state index contributed by atoms with van der Waals surface area (Å²) in [5.41, 5.74) is 1.49. The highest BCUT2D eigenvalue weighted by Crippen LogP contribution is 2.42. The lowest BCUT2D eigenvalue weighted by Crippen LogP contribution is -2.41. The maximum absolute atomic E-state index is 12.7. The van der Waals surface area contributed by atoms with E-state index >= 15 is 0 Å². The second-order valence-corrected chi connectivity index (χ2v) is 5.83. The average molecular weight is 329 g/mol. The van der Waals surface area contributed by atoms with Gasteiger partial charge in [0.2, 0.25) is 0 Å². The summed E-state index contributed by atoms with van der Waals surface area (Å²) in [4.78, 5) is 12.7. The number of halogens is 1. The number of carbonyl (C=O) groups is 1. The van der Waals surface area contributed by atoms with E-state index in [0.717, 1.165) is 22.7 Å². The molecule has 0 aromatic heterocycles. The van der Waals surface area contributed by atoms with Crippen LogP contribution >= 0.6 is 11.6 Å². The molecule has 0 aliphatic carbocycles. The molecule has 1 unspecified atom stereocenters. The molecule has 0 radical (unpaired) electrons. The van der Waals surface area contributed by atoms with Crippen LogP contribution in [0.4, 0.5) is 11.4 Å². The number of carbonyl (C=O) groups excluding carboxylic acids is 1. The van der Waals surface area contributed by atoms with Crippen molar-refractivity contribution in [3.63, 3.8) is 0 Å². The molecular formula is C18H17ClN2O2. The molecule has 2 aromatic rings. The van der Waals surface area contributed by atoms with Gasteiger partial charge in [0.05, 0.1) is 7.11 Å². The number of anilines is 2. The minimum atomic E-state index is -0.920. The molecule has 4 nitrogen and oxygen atoms in total. The summed E-state index contributed by atoms with van der Waals surface area (Å²) in [5.74, 6) is 0.637. The van der Waals surface area contributed by atoms with Gasteiger partial charge in [0, 0.05) is 28.4 Å². The van der Waals surface area contributed by atoms with E-state index in [1.54, 1.807) is 19.3 Å². The summed E-state index contributed by atoms with van der Waals surface area (Å²) in [6.45, 7) is 3.80. The van der Waals surface area contributed by atoms with Crippen LogP contribution in [0.25, 0.3) is 0 Å². The Bertz CT molecular complexity index is 758. The highest BCUT2D eigenvalue weighted by atomic mass is 35.5. The molecule has 0 saturated carbocycles. The average Bonchev–Trinajstić information content (AvgIpc) is 2.81. The molecule has 1 aliphatic rings. The zero-order valence-electron chi connectivity index (χ0n) is 12.7. The van der Waals surface area contributed by atoms with Gasteiger partial charge in [0.15, 0.2) is 0 Å². The van der Waals surface area contributed by atoms with Crippen molar-refractivity contribution in [1.29, 1.82) is 0 Å². The number of hydrogen-bond acceptors (Lipinski definition) is 3. The fraction of sp³-hybridized carbons (Fsp3) is 0.167. The molecule has 2 N–H and O–H groups in total. The van der Waals surface area contributed by atoms with Gasteiger partial charge >= 0.3 is 0 Å². The fourth-order valence-corrected chi connectivity index (χ4v) is 3.02. The number of benzene rings is 2. The van der Waals surface area contributed by atoms with Crippen LogP contribution in [0.1, 0.15) is 12.0 Å². The highest BCUT2D eigenvalue weighted by molar-refractivity contribution is 6.31. The van der Waals surface area contributed by atoms with Gasteiger partial charge < -0.3 is 15.4 Å². The monoisotopic (exact) mass is 328 g/mol. The third-order valence-electron chi connectivity index (χ3n) is 3.98. The Labute approximate surface area is 140 Å². The van der Waals surface area contributed by atoms with E-state index in [-0.39, 0.29) is 5.91 Å². The molecule has 1 atom stereocenters. The van der Waals surface area contributed by atoms with Crippen LogP contribution in [0.3, 0.4) is 0 Å². The molecule has 1 heterocycles. The Morgan fingerprint density at radius 1 is 1.30 bits per heavy atom. The third kappa shape index (κ3) is 2.66. The Morgan fingerprint density at radius 3 is 2.70 bits per heavy atom. The smallest absolute Gasteiger partial charge is 0.255 e. The second-order valence-electron chi connectivity index (χ2n) is 5.40. The summed E-state index contributed by atoms with van der Waals surface area (Å²) in [6, 6.07) is 12.8. The fourth-order valence-electron chi connectivity index (χ4n) is 2.84. The lowest BCUT2D eigenvalue weighted by molar-refractivity contribution is -0.119. The van der Waals surface area contributed by atoms with Gasteiger partial charge in [-0.05, 0) is 42.5 Å². The van der Waals surface area contributed by atoms with Gasteiger partial charge in [-0.3, -0.25) is 4.79 Å².